The summed E-state index contributed by atoms with van der Waals surface area (Å²) in [7, 11) is 0. The minimum atomic E-state index is -0.996. The van der Waals surface area contributed by atoms with Crippen molar-refractivity contribution in [3.8, 4) is 0 Å². The molecule has 2 rings (SSSR count). The first-order valence-corrected chi connectivity index (χ1v) is 7.17. The second kappa shape index (κ2) is 6.40. The zero-order valence-corrected chi connectivity index (χ0v) is 11.8. The molecule has 0 radical (unpaired) electrons. The topological polar surface area (TPSA) is 83.7 Å². The van der Waals surface area contributed by atoms with Crippen molar-refractivity contribution in [2.24, 2.45) is 0 Å². The summed E-state index contributed by atoms with van der Waals surface area (Å²) in [5.74, 6) is -0.996. The van der Waals surface area contributed by atoms with E-state index in [0.717, 1.165) is 16.9 Å². The van der Waals surface area contributed by atoms with Gasteiger partial charge in [0.15, 0.2) is 0 Å². The zero-order valence-electron chi connectivity index (χ0n) is 10.1. The highest BCUT2D eigenvalue weighted by atomic mass is 32.2. The number of anilines is 1. The fourth-order valence-corrected chi connectivity index (χ4v) is 3.31. The van der Waals surface area contributed by atoms with Crippen molar-refractivity contribution >= 4 is 39.9 Å². The molecule has 0 fully saturated rings. The van der Waals surface area contributed by atoms with Crippen LogP contribution in [0.25, 0.3) is 0 Å². The maximum atomic E-state index is 11.0. The Balaban J connectivity index is 2.28. The lowest BCUT2D eigenvalue weighted by Crippen LogP contribution is -2.22. The summed E-state index contributed by atoms with van der Waals surface area (Å²) in [4.78, 5) is 21.8. The Morgan fingerprint density at radius 1 is 1.35 bits per heavy atom. The molecule has 0 unspecified atom stereocenters. The van der Waals surface area contributed by atoms with Gasteiger partial charge in [-0.25, -0.2) is 0 Å². The number of nitrogens with zero attached hydrogens (tertiary/aromatic N) is 2. The first-order valence-electron chi connectivity index (χ1n) is 5.52. The molecule has 0 aliphatic rings. The molecule has 0 bridgehead atoms. The van der Waals surface area contributed by atoms with Gasteiger partial charge in [-0.2, -0.15) is 0 Å². The van der Waals surface area contributed by atoms with Crippen molar-refractivity contribution in [2.45, 2.75) is 4.90 Å². The predicted octanol–water partition coefficient (Wildman–Crippen LogP) is 3.25. The van der Waals surface area contributed by atoms with Gasteiger partial charge in [-0.05, 0) is 35.5 Å². The Hall–Kier alpha value is -2.06. The van der Waals surface area contributed by atoms with Gasteiger partial charge in [-0.1, -0.05) is 12.1 Å². The molecule has 6 nitrogen and oxygen atoms in total. The molecule has 0 aliphatic carbocycles. The number of carboxylic acids is 1. The van der Waals surface area contributed by atoms with Crippen LogP contribution in [-0.2, 0) is 4.79 Å². The summed E-state index contributed by atoms with van der Waals surface area (Å²) in [6.07, 6.45) is 0. The molecule has 0 saturated carbocycles. The number of hydrogen-bond donors (Lipinski definition) is 1. The molecular formula is C12H10N2O4S2. The van der Waals surface area contributed by atoms with Gasteiger partial charge in [-0.15, -0.1) is 11.3 Å². The highest BCUT2D eigenvalue weighted by Gasteiger charge is 2.19. The second-order valence-electron chi connectivity index (χ2n) is 3.70. The molecule has 1 heterocycles. The summed E-state index contributed by atoms with van der Waals surface area (Å²) in [6, 6.07) is 9.84. The molecule has 0 aliphatic heterocycles. The number of para-hydroxylation sites is 1. The van der Waals surface area contributed by atoms with Crippen LogP contribution in [0.4, 0.5) is 10.7 Å². The summed E-state index contributed by atoms with van der Waals surface area (Å²) in [5.41, 5.74) is -0.0376. The largest absolute Gasteiger partial charge is 0.480 e. The highest BCUT2D eigenvalue weighted by molar-refractivity contribution is 8.01. The van der Waals surface area contributed by atoms with Gasteiger partial charge in [0.2, 0.25) is 0 Å². The van der Waals surface area contributed by atoms with Gasteiger partial charge in [0.25, 0.3) is 5.69 Å². The van der Waals surface area contributed by atoms with E-state index in [1.54, 1.807) is 30.3 Å². The lowest BCUT2D eigenvalue weighted by molar-refractivity contribution is -0.387. The molecule has 0 spiro atoms. The summed E-state index contributed by atoms with van der Waals surface area (Å²) < 4.78 is 1.52. The van der Waals surface area contributed by atoms with Gasteiger partial charge in [0, 0.05) is 6.07 Å². The Kier molecular flexibility index (Phi) is 4.59. The predicted molar refractivity (Wildman–Crippen MR) is 78.3 cm³/mol. The Labute approximate surface area is 122 Å². The third-order valence-electron chi connectivity index (χ3n) is 2.30. The molecule has 1 N–H and O–H groups in total. The Morgan fingerprint density at radius 2 is 2.10 bits per heavy atom. The summed E-state index contributed by atoms with van der Waals surface area (Å²) in [6.45, 7) is -0.239. The van der Waals surface area contributed by atoms with E-state index in [9.17, 15) is 14.9 Å². The van der Waals surface area contributed by atoms with E-state index < -0.39 is 10.9 Å². The van der Waals surface area contributed by atoms with Gasteiger partial charge < -0.3 is 5.11 Å². The van der Waals surface area contributed by atoms with E-state index in [1.807, 2.05) is 5.38 Å². The molecule has 0 atom stereocenters. The first-order chi connectivity index (χ1) is 9.58. The van der Waals surface area contributed by atoms with E-state index in [4.69, 9.17) is 5.11 Å². The van der Waals surface area contributed by atoms with Gasteiger partial charge in [-0.3, -0.25) is 19.2 Å². The maximum Gasteiger partial charge on any atom is 0.324 e. The number of carboxylic acid groups (broad SMARTS) is 1. The number of aliphatic carboxylic acids is 1. The number of hydrogen-bond acceptors (Lipinski definition) is 6. The third kappa shape index (κ3) is 3.49. The normalized spacial score (nSPS) is 10.2. The zero-order chi connectivity index (χ0) is 14.5. The van der Waals surface area contributed by atoms with Crippen LogP contribution in [0, 0.1) is 10.1 Å². The molecule has 0 saturated heterocycles. The second-order valence-corrected chi connectivity index (χ2v) is 5.69. The molecule has 0 amide bonds. The smallest absolute Gasteiger partial charge is 0.324 e. The lowest BCUT2D eigenvalue weighted by atomic mass is 10.3. The van der Waals surface area contributed by atoms with Crippen LogP contribution in [0.5, 0.6) is 0 Å². The highest BCUT2D eigenvalue weighted by Crippen LogP contribution is 2.36. The molecule has 104 valence electrons. The third-order valence-corrected chi connectivity index (χ3v) is 4.40. The van der Waals surface area contributed by atoms with E-state index in [2.05, 4.69) is 0 Å². The van der Waals surface area contributed by atoms with Crippen LogP contribution in [-0.4, -0.2) is 22.5 Å². The molecule has 2 aromatic rings. The quantitative estimate of drug-likeness (QED) is 0.501. The standard InChI is InChI=1S/C12H10N2O4S2/c15-12(16)8-13(11-6-3-7-19-11)20-10-5-2-1-4-9(10)14(17)18/h1-7H,8H2,(H,15,16). The number of nitro benzene ring substituents is 1. The number of rotatable bonds is 6. The average Bonchev–Trinajstić information content (AvgIpc) is 2.91. The first kappa shape index (κ1) is 14.4. The molecule has 1 aromatic carbocycles. The van der Waals surface area contributed by atoms with E-state index >= 15 is 0 Å². The van der Waals surface area contributed by atoms with Gasteiger partial charge in [0.1, 0.15) is 16.4 Å². The van der Waals surface area contributed by atoms with Crippen molar-refractivity contribution < 1.29 is 14.8 Å². The summed E-state index contributed by atoms with van der Waals surface area (Å²) in [5, 5.41) is 22.5. The SMILES string of the molecule is O=C(O)CN(Sc1ccccc1[N+](=O)[O-])c1cccs1. The Morgan fingerprint density at radius 3 is 2.70 bits per heavy atom. The lowest BCUT2D eigenvalue weighted by Gasteiger charge is -2.18. The van der Waals surface area contributed by atoms with Crippen LogP contribution in [0.15, 0.2) is 46.7 Å². The van der Waals surface area contributed by atoms with Crippen LogP contribution in [0.1, 0.15) is 0 Å². The average molecular weight is 310 g/mol. The van der Waals surface area contributed by atoms with Crippen LogP contribution >= 0.6 is 23.3 Å². The number of carbonyl (C=O) groups is 1. The molecule has 20 heavy (non-hydrogen) atoms. The van der Waals surface area contributed by atoms with Crippen LogP contribution < -0.4 is 4.31 Å². The fourth-order valence-electron chi connectivity index (χ4n) is 1.49. The molecular weight excluding hydrogens is 300 g/mol. The van der Waals surface area contributed by atoms with Crippen molar-refractivity contribution in [2.75, 3.05) is 10.8 Å². The van der Waals surface area contributed by atoms with Crippen molar-refractivity contribution in [3.63, 3.8) is 0 Å². The van der Waals surface area contributed by atoms with Crippen molar-refractivity contribution in [3.05, 3.63) is 51.9 Å². The van der Waals surface area contributed by atoms with E-state index in [-0.39, 0.29) is 12.2 Å². The van der Waals surface area contributed by atoms with Gasteiger partial charge in [0.05, 0.1) is 4.92 Å². The van der Waals surface area contributed by atoms with E-state index in [1.165, 1.54) is 21.7 Å². The van der Waals surface area contributed by atoms with Crippen molar-refractivity contribution in [1.82, 2.24) is 0 Å². The fraction of sp³-hybridized carbons (Fsp3) is 0.0833. The van der Waals surface area contributed by atoms with Crippen molar-refractivity contribution in [1.29, 1.82) is 0 Å². The monoisotopic (exact) mass is 310 g/mol. The van der Waals surface area contributed by atoms with Crippen LogP contribution in [0.3, 0.4) is 0 Å². The maximum absolute atomic E-state index is 11.0. The minimum absolute atomic E-state index is 0.0376. The molecule has 8 heteroatoms. The van der Waals surface area contributed by atoms with Crippen LogP contribution in [0.2, 0.25) is 0 Å². The number of nitro groups is 1. The van der Waals surface area contributed by atoms with Gasteiger partial charge >= 0.3 is 5.97 Å². The Bertz CT molecular complexity index is 616. The summed E-state index contributed by atoms with van der Waals surface area (Å²) >= 11 is 2.43. The number of thiophene rings is 1. The molecule has 1 aromatic heterocycles. The number of benzene rings is 1. The minimum Gasteiger partial charge on any atom is -0.480 e. The van der Waals surface area contributed by atoms with E-state index in [0.29, 0.717) is 4.90 Å².